The zero-order valence-electron chi connectivity index (χ0n) is 9.70. The molecule has 1 heteroatoms. The summed E-state index contributed by atoms with van der Waals surface area (Å²) in [5.74, 6) is 2.46. The smallest absolute Gasteiger partial charge is 0.258 e. The summed E-state index contributed by atoms with van der Waals surface area (Å²) in [4.78, 5) is 0. The van der Waals surface area contributed by atoms with E-state index in [1.54, 1.807) is 7.11 Å². The van der Waals surface area contributed by atoms with Gasteiger partial charge in [-0.05, 0) is 60.0 Å². The molecule has 0 N–H and O–H groups in total. The third-order valence-corrected chi connectivity index (χ3v) is 4.08. The fraction of sp³-hybridized carbons (Fsp3) is 0.400. The Hall–Kier alpha value is -1.37. The van der Waals surface area contributed by atoms with Gasteiger partial charge in [-0.15, -0.1) is 0 Å². The van der Waals surface area contributed by atoms with Crippen LogP contribution >= 0.6 is 0 Å². The first-order chi connectivity index (χ1) is 7.79. The van der Waals surface area contributed by atoms with Crippen LogP contribution in [0.15, 0.2) is 47.6 Å². The van der Waals surface area contributed by atoms with E-state index in [-0.39, 0.29) is 0 Å². The van der Waals surface area contributed by atoms with Crippen LogP contribution in [0.1, 0.15) is 19.3 Å². The summed E-state index contributed by atoms with van der Waals surface area (Å²) in [6, 6.07) is 0. The highest BCUT2D eigenvalue weighted by atomic mass is 16.4. The van der Waals surface area contributed by atoms with Crippen LogP contribution in [0.25, 0.3) is 0 Å². The van der Waals surface area contributed by atoms with Gasteiger partial charge in [0.05, 0.1) is 0 Å². The van der Waals surface area contributed by atoms with E-state index in [1.807, 2.05) is 12.2 Å². The Bertz CT molecular complexity index is 442. The third kappa shape index (κ3) is 1.35. The molecule has 0 heterocycles. The zero-order valence-corrected chi connectivity index (χ0v) is 9.70. The molecule has 0 aromatic rings. The SMILES string of the molecule is C=C1C(=C2C=CC(=[O+]C)C=C2)C2CCC1C2. The van der Waals surface area contributed by atoms with Crippen molar-refractivity contribution in [3.63, 3.8) is 0 Å². The molecule has 3 aliphatic carbocycles. The molecule has 3 rings (SSSR count). The van der Waals surface area contributed by atoms with Gasteiger partial charge in [-0.2, -0.15) is 0 Å². The van der Waals surface area contributed by atoms with Crippen molar-refractivity contribution in [3.8, 4) is 0 Å². The standard InChI is InChI=1S/C15H17O/c1-10-12-3-4-13(9-12)15(10)11-5-7-14(16-2)8-6-11/h5-8,12-13H,1,3-4,9H2,2H3/q+1. The van der Waals surface area contributed by atoms with Crippen molar-refractivity contribution in [2.24, 2.45) is 11.8 Å². The molecule has 3 aliphatic rings. The monoisotopic (exact) mass is 213 g/mol. The highest BCUT2D eigenvalue weighted by molar-refractivity contribution is 6.01. The summed E-state index contributed by atoms with van der Waals surface area (Å²) in [6.07, 6.45) is 12.5. The molecule has 82 valence electrons. The molecular weight excluding hydrogens is 196 g/mol. The van der Waals surface area contributed by atoms with Gasteiger partial charge in [-0.25, -0.2) is 0 Å². The minimum absolute atomic E-state index is 0.766. The van der Waals surface area contributed by atoms with Gasteiger partial charge in [-0.3, -0.25) is 4.42 Å². The minimum Gasteiger partial charge on any atom is -0.258 e. The van der Waals surface area contributed by atoms with E-state index in [2.05, 4.69) is 18.7 Å². The number of hydrogen-bond donors (Lipinski definition) is 0. The van der Waals surface area contributed by atoms with Crippen molar-refractivity contribution in [2.45, 2.75) is 19.3 Å². The van der Waals surface area contributed by atoms with Gasteiger partial charge in [0.2, 0.25) is 0 Å². The van der Waals surface area contributed by atoms with Crippen molar-refractivity contribution in [3.05, 3.63) is 47.6 Å². The first-order valence-corrected chi connectivity index (χ1v) is 6.00. The summed E-state index contributed by atoms with van der Waals surface area (Å²) in [6.45, 7) is 4.27. The van der Waals surface area contributed by atoms with Crippen LogP contribution in [-0.4, -0.2) is 12.9 Å². The van der Waals surface area contributed by atoms with Crippen molar-refractivity contribution in [2.75, 3.05) is 7.11 Å². The Kier molecular flexibility index (Phi) is 2.20. The second-order valence-corrected chi connectivity index (χ2v) is 4.87. The topological polar surface area (TPSA) is 11.3 Å². The first-order valence-electron chi connectivity index (χ1n) is 6.00. The van der Waals surface area contributed by atoms with Gasteiger partial charge < -0.3 is 0 Å². The number of rotatable bonds is 0. The molecule has 0 aromatic carbocycles. The lowest BCUT2D eigenvalue weighted by Crippen LogP contribution is -2.05. The Morgan fingerprint density at radius 1 is 1.12 bits per heavy atom. The van der Waals surface area contributed by atoms with Gasteiger partial charge in [0, 0.05) is 12.2 Å². The van der Waals surface area contributed by atoms with Crippen molar-refractivity contribution < 1.29 is 4.42 Å². The minimum atomic E-state index is 0.766. The fourth-order valence-electron chi connectivity index (χ4n) is 3.23. The molecule has 1 nitrogen and oxygen atoms in total. The number of hydrogen-bond acceptors (Lipinski definition) is 0. The molecule has 0 saturated heterocycles. The molecule has 2 fully saturated rings. The molecule has 0 aromatic heterocycles. The predicted octanol–water partition coefficient (Wildman–Crippen LogP) is 3.13. The molecule has 2 unspecified atom stereocenters. The van der Waals surface area contributed by atoms with E-state index in [4.69, 9.17) is 4.42 Å². The molecule has 16 heavy (non-hydrogen) atoms. The second kappa shape index (κ2) is 3.58. The molecule has 2 saturated carbocycles. The van der Waals surface area contributed by atoms with Crippen molar-refractivity contribution in [1.82, 2.24) is 0 Å². The molecule has 0 spiro atoms. The molecule has 0 amide bonds. The van der Waals surface area contributed by atoms with E-state index in [0.29, 0.717) is 0 Å². The lowest BCUT2D eigenvalue weighted by atomic mass is 9.86. The van der Waals surface area contributed by atoms with Gasteiger partial charge >= 0.3 is 5.78 Å². The van der Waals surface area contributed by atoms with E-state index >= 15 is 0 Å². The Balaban J connectivity index is 1.99. The number of allylic oxidation sites excluding steroid dienone is 7. The molecular formula is C15H17O+. The molecule has 0 radical (unpaired) electrons. The average molecular weight is 213 g/mol. The Morgan fingerprint density at radius 3 is 2.38 bits per heavy atom. The van der Waals surface area contributed by atoms with E-state index in [1.165, 1.54) is 36.0 Å². The fourth-order valence-corrected chi connectivity index (χ4v) is 3.23. The molecule has 2 bridgehead atoms. The largest absolute Gasteiger partial charge is 0.343 e. The van der Waals surface area contributed by atoms with E-state index in [0.717, 1.165) is 17.6 Å². The average Bonchev–Trinajstić information content (AvgIpc) is 2.90. The maximum Gasteiger partial charge on any atom is 0.343 e. The van der Waals surface area contributed by atoms with Gasteiger partial charge in [0.1, 0.15) is 0 Å². The van der Waals surface area contributed by atoms with Crippen LogP contribution in [0.3, 0.4) is 0 Å². The van der Waals surface area contributed by atoms with Crippen LogP contribution in [-0.2, 0) is 4.42 Å². The number of fused-ring (bicyclic) bond motifs is 2. The van der Waals surface area contributed by atoms with Crippen LogP contribution < -0.4 is 0 Å². The molecule has 0 aliphatic heterocycles. The summed E-state index contributed by atoms with van der Waals surface area (Å²) < 4.78 is 5.19. The van der Waals surface area contributed by atoms with Crippen LogP contribution in [0.4, 0.5) is 0 Å². The second-order valence-electron chi connectivity index (χ2n) is 4.87. The summed E-state index contributed by atoms with van der Waals surface area (Å²) in [7, 11) is 1.71. The normalized spacial score (nSPS) is 31.8. The maximum absolute atomic E-state index is 5.19. The predicted molar refractivity (Wildman–Crippen MR) is 66.2 cm³/mol. The van der Waals surface area contributed by atoms with Crippen molar-refractivity contribution >= 4 is 5.78 Å². The Labute approximate surface area is 96.6 Å². The summed E-state index contributed by atoms with van der Waals surface area (Å²) in [5, 5.41) is 0. The highest BCUT2D eigenvalue weighted by Crippen LogP contribution is 2.52. The van der Waals surface area contributed by atoms with Crippen molar-refractivity contribution in [1.29, 1.82) is 0 Å². The maximum atomic E-state index is 5.19. The third-order valence-electron chi connectivity index (χ3n) is 4.08. The first kappa shape index (κ1) is 9.83. The lowest BCUT2D eigenvalue weighted by Gasteiger charge is -2.18. The van der Waals surface area contributed by atoms with Crippen LogP contribution in [0.2, 0.25) is 0 Å². The van der Waals surface area contributed by atoms with Crippen LogP contribution in [0, 0.1) is 11.8 Å². The van der Waals surface area contributed by atoms with E-state index in [9.17, 15) is 0 Å². The summed E-state index contributed by atoms with van der Waals surface area (Å²) >= 11 is 0. The molecule has 2 atom stereocenters. The van der Waals surface area contributed by atoms with Crippen LogP contribution in [0.5, 0.6) is 0 Å². The van der Waals surface area contributed by atoms with E-state index < -0.39 is 0 Å². The highest BCUT2D eigenvalue weighted by Gasteiger charge is 2.39. The lowest BCUT2D eigenvalue weighted by molar-refractivity contribution is -0.417. The number of carbonyl (C=O) groups excluding carboxylic acids is 1. The van der Waals surface area contributed by atoms with Gasteiger partial charge in [-0.1, -0.05) is 6.58 Å². The number of ketones is 1. The summed E-state index contributed by atoms with van der Waals surface area (Å²) in [5.41, 5.74) is 4.25. The van der Waals surface area contributed by atoms with Gasteiger partial charge in [0.25, 0.3) is 7.11 Å². The zero-order chi connectivity index (χ0) is 11.1. The Morgan fingerprint density at radius 2 is 1.81 bits per heavy atom. The van der Waals surface area contributed by atoms with Gasteiger partial charge in [0.15, 0.2) is 0 Å². The quantitative estimate of drug-likeness (QED) is 0.548.